The van der Waals surface area contributed by atoms with E-state index in [1.165, 1.54) is 22.1 Å². The highest BCUT2D eigenvalue weighted by Gasteiger charge is 2.30. The maximum absolute atomic E-state index is 5.69. The quantitative estimate of drug-likeness (QED) is 0.866. The zero-order valence-electron chi connectivity index (χ0n) is 13.6. The molecule has 1 atom stereocenters. The fourth-order valence-corrected chi connectivity index (χ4v) is 3.29. The number of methoxy groups -OCH3 is 1. The zero-order chi connectivity index (χ0) is 15.5. The number of halogens is 1. The molecular weight excluding hydrogens is 328 g/mol. The van der Waals surface area contributed by atoms with Gasteiger partial charge in [0.2, 0.25) is 0 Å². The lowest BCUT2D eigenvalue weighted by Gasteiger charge is -2.40. The second kappa shape index (κ2) is 7.12. The second-order valence-corrected chi connectivity index (χ2v) is 7.34. The van der Waals surface area contributed by atoms with E-state index in [1.807, 2.05) is 7.11 Å². The van der Waals surface area contributed by atoms with E-state index in [9.17, 15) is 0 Å². The van der Waals surface area contributed by atoms with E-state index >= 15 is 0 Å². The topological polar surface area (TPSA) is 24.5 Å². The summed E-state index contributed by atoms with van der Waals surface area (Å²) in [4.78, 5) is 2.43. The molecule has 1 aromatic rings. The summed E-state index contributed by atoms with van der Waals surface area (Å²) in [5.74, 6) is 0. The minimum Gasteiger partial charge on any atom is -0.377 e. The van der Waals surface area contributed by atoms with Crippen molar-refractivity contribution in [2.45, 2.75) is 51.8 Å². The van der Waals surface area contributed by atoms with Crippen LogP contribution in [0.1, 0.15) is 39.2 Å². The van der Waals surface area contributed by atoms with Crippen LogP contribution in [0.2, 0.25) is 0 Å². The second-order valence-electron chi connectivity index (χ2n) is 6.49. The predicted molar refractivity (Wildman–Crippen MR) is 93.0 cm³/mol. The largest absolute Gasteiger partial charge is 0.377 e. The van der Waals surface area contributed by atoms with E-state index < -0.39 is 0 Å². The molecule has 0 aromatic heterocycles. The molecule has 0 radical (unpaired) electrons. The van der Waals surface area contributed by atoms with Gasteiger partial charge in [0.05, 0.1) is 5.60 Å². The minimum absolute atomic E-state index is 0.0252. The number of hydrogen-bond acceptors (Lipinski definition) is 3. The predicted octanol–water partition coefficient (Wildman–Crippen LogP) is 3.95. The Kier molecular flexibility index (Phi) is 5.69. The summed E-state index contributed by atoms with van der Waals surface area (Å²) >= 11 is 3.71. The molecule has 21 heavy (non-hydrogen) atoms. The van der Waals surface area contributed by atoms with Crippen LogP contribution in [0.5, 0.6) is 0 Å². The van der Waals surface area contributed by atoms with E-state index in [0.29, 0.717) is 6.04 Å². The van der Waals surface area contributed by atoms with Crippen molar-refractivity contribution in [1.82, 2.24) is 5.32 Å². The Morgan fingerprint density at radius 2 is 2.19 bits per heavy atom. The van der Waals surface area contributed by atoms with Gasteiger partial charge < -0.3 is 15.0 Å². The van der Waals surface area contributed by atoms with Gasteiger partial charge in [-0.3, -0.25) is 0 Å². The molecule has 0 aliphatic carbocycles. The van der Waals surface area contributed by atoms with Crippen LogP contribution in [0.3, 0.4) is 0 Å². The first-order chi connectivity index (χ1) is 9.93. The highest BCUT2D eigenvalue weighted by molar-refractivity contribution is 9.10. The fraction of sp³-hybridized carbons (Fsp3) is 0.647. The van der Waals surface area contributed by atoms with E-state index in [1.54, 1.807) is 0 Å². The number of nitrogens with zero attached hydrogens (tertiary/aromatic N) is 1. The number of hydrogen-bond donors (Lipinski definition) is 1. The number of piperidine rings is 1. The van der Waals surface area contributed by atoms with Crippen LogP contribution in [-0.2, 0) is 11.3 Å². The fourth-order valence-electron chi connectivity index (χ4n) is 2.78. The maximum Gasteiger partial charge on any atom is 0.0825 e. The normalized spacial score (nSPS) is 22.9. The average molecular weight is 355 g/mol. The molecule has 1 saturated heterocycles. The van der Waals surface area contributed by atoms with Gasteiger partial charge in [-0.2, -0.15) is 0 Å². The smallest absolute Gasteiger partial charge is 0.0825 e. The van der Waals surface area contributed by atoms with Gasteiger partial charge in [-0.25, -0.2) is 0 Å². The lowest BCUT2D eigenvalue weighted by molar-refractivity contribution is -0.00465. The van der Waals surface area contributed by atoms with Gasteiger partial charge in [-0.1, -0.05) is 35.8 Å². The van der Waals surface area contributed by atoms with Crippen molar-refractivity contribution in [3.05, 3.63) is 28.2 Å². The van der Waals surface area contributed by atoms with E-state index in [4.69, 9.17) is 4.74 Å². The summed E-state index contributed by atoms with van der Waals surface area (Å²) in [6.07, 6.45) is 2.32. The van der Waals surface area contributed by atoms with E-state index in [2.05, 4.69) is 65.1 Å². The third kappa shape index (κ3) is 4.44. The minimum atomic E-state index is -0.0252. The first-order valence-corrected chi connectivity index (χ1v) is 8.55. The highest BCUT2D eigenvalue weighted by atomic mass is 79.9. The summed E-state index contributed by atoms with van der Waals surface area (Å²) in [5, 5.41) is 3.46. The first kappa shape index (κ1) is 16.8. The van der Waals surface area contributed by atoms with Crippen LogP contribution in [0, 0.1) is 0 Å². The Hall–Kier alpha value is -0.580. The van der Waals surface area contributed by atoms with Crippen molar-refractivity contribution in [2.24, 2.45) is 0 Å². The van der Waals surface area contributed by atoms with E-state index in [-0.39, 0.29) is 5.60 Å². The molecule has 0 amide bonds. The Labute approximate surface area is 137 Å². The summed E-state index contributed by atoms with van der Waals surface area (Å²) in [6, 6.07) is 7.18. The Morgan fingerprint density at radius 3 is 2.81 bits per heavy atom. The van der Waals surface area contributed by atoms with Crippen molar-refractivity contribution < 1.29 is 4.74 Å². The van der Waals surface area contributed by atoms with Crippen molar-refractivity contribution in [1.29, 1.82) is 0 Å². The van der Waals surface area contributed by atoms with Gasteiger partial charge in [0, 0.05) is 42.9 Å². The van der Waals surface area contributed by atoms with Crippen molar-refractivity contribution in [3.8, 4) is 0 Å². The van der Waals surface area contributed by atoms with Gasteiger partial charge in [0.25, 0.3) is 0 Å². The Balaban J connectivity index is 2.09. The average Bonchev–Trinajstić information content (AvgIpc) is 2.46. The van der Waals surface area contributed by atoms with Gasteiger partial charge in [0.1, 0.15) is 0 Å². The van der Waals surface area contributed by atoms with Crippen LogP contribution in [0.25, 0.3) is 0 Å². The van der Waals surface area contributed by atoms with Gasteiger partial charge in [-0.05, 0) is 37.5 Å². The molecule has 0 spiro atoms. The molecule has 1 aromatic carbocycles. The zero-order valence-corrected chi connectivity index (χ0v) is 15.2. The molecule has 1 unspecified atom stereocenters. The summed E-state index contributed by atoms with van der Waals surface area (Å²) < 4.78 is 6.86. The molecular formula is C17H27BrN2O. The third-order valence-corrected chi connectivity index (χ3v) is 4.99. The molecule has 2 rings (SSSR count). The van der Waals surface area contributed by atoms with Crippen LogP contribution in [0.15, 0.2) is 22.7 Å². The summed E-state index contributed by atoms with van der Waals surface area (Å²) in [5.41, 5.74) is 2.56. The van der Waals surface area contributed by atoms with E-state index in [0.717, 1.165) is 26.1 Å². The molecule has 1 N–H and O–H groups in total. The number of anilines is 1. The molecule has 0 bridgehead atoms. The number of rotatable bonds is 5. The van der Waals surface area contributed by atoms with Gasteiger partial charge in [0.15, 0.2) is 0 Å². The van der Waals surface area contributed by atoms with Crippen LogP contribution in [0.4, 0.5) is 5.69 Å². The van der Waals surface area contributed by atoms with Crippen LogP contribution >= 0.6 is 15.9 Å². The standard InChI is InChI=1S/C17H27BrN2O/c1-13(2)19-11-14-6-7-15(10-16(14)18)20-9-5-8-17(3,12-20)21-4/h6-7,10,13,19H,5,8-9,11-12H2,1-4H3. The van der Waals surface area contributed by atoms with Crippen LogP contribution < -0.4 is 10.2 Å². The molecule has 1 heterocycles. The number of nitrogens with one attached hydrogen (secondary N) is 1. The van der Waals surface area contributed by atoms with Crippen molar-refractivity contribution in [2.75, 3.05) is 25.1 Å². The molecule has 4 heteroatoms. The van der Waals surface area contributed by atoms with Gasteiger partial charge in [-0.15, -0.1) is 0 Å². The molecule has 1 aliphatic rings. The Morgan fingerprint density at radius 1 is 1.43 bits per heavy atom. The summed E-state index contributed by atoms with van der Waals surface area (Å²) in [7, 11) is 1.82. The lowest BCUT2D eigenvalue weighted by Crippen LogP contribution is -2.47. The molecule has 1 fully saturated rings. The third-order valence-electron chi connectivity index (χ3n) is 4.25. The van der Waals surface area contributed by atoms with Gasteiger partial charge >= 0.3 is 0 Å². The number of ether oxygens (including phenoxy) is 1. The maximum atomic E-state index is 5.69. The van der Waals surface area contributed by atoms with Crippen molar-refractivity contribution in [3.63, 3.8) is 0 Å². The Bertz CT molecular complexity index is 478. The summed E-state index contributed by atoms with van der Waals surface area (Å²) in [6.45, 7) is 9.50. The monoisotopic (exact) mass is 354 g/mol. The lowest BCUT2D eigenvalue weighted by atomic mass is 9.94. The number of benzene rings is 1. The molecule has 118 valence electrons. The van der Waals surface area contributed by atoms with Crippen LogP contribution in [-0.4, -0.2) is 31.8 Å². The SMILES string of the molecule is COC1(C)CCCN(c2ccc(CNC(C)C)c(Br)c2)C1. The molecule has 0 saturated carbocycles. The molecule has 1 aliphatic heterocycles. The van der Waals surface area contributed by atoms with Crippen molar-refractivity contribution >= 4 is 21.6 Å². The highest BCUT2D eigenvalue weighted by Crippen LogP contribution is 2.30. The first-order valence-electron chi connectivity index (χ1n) is 7.75. The molecule has 3 nitrogen and oxygen atoms in total.